The first-order valence-corrected chi connectivity index (χ1v) is 8.07. The second kappa shape index (κ2) is 6.75. The van der Waals surface area contributed by atoms with E-state index >= 15 is 0 Å². The summed E-state index contributed by atoms with van der Waals surface area (Å²) < 4.78 is 6.79. The molecular formula is C18H15N5O3. The molecule has 1 N–H and O–H groups in total. The molecule has 0 radical (unpaired) electrons. The Morgan fingerprint density at radius 3 is 2.92 bits per heavy atom. The van der Waals surface area contributed by atoms with Gasteiger partial charge in [0.05, 0.1) is 5.56 Å². The fraction of sp³-hybridized carbons (Fsp3) is 0.167. The van der Waals surface area contributed by atoms with Gasteiger partial charge in [-0.25, -0.2) is 19.4 Å². The van der Waals surface area contributed by atoms with Crippen molar-refractivity contribution >= 4 is 11.9 Å². The van der Waals surface area contributed by atoms with E-state index in [1.54, 1.807) is 35.4 Å². The average Bonchev–Trinajstić information content (AvgIpc) is 3.21. The molecule has 1 atom stereocenters. The first-order chi connectivity index (χ1) is 12.7. The van der Waals surface area contributed by atoms with Crippen molar-refractivity contribution in [3.8, 4) is 5.82 Å². The number of carbonyl (C=O) groups excluding carboxylic acids is 2. The van der Waals surface area contributed by atoms with Crippen LogP contribution in [0.3, 0.4) is 0 Å². The molecule has 0 bridgehead atoms. The first kappa shape index (κ1) is 15.9. The molecule has 1 aliphatic heterocycles. The molecule has 3 aromatic rings. The van der Waals surface area contributed by atoms with Gasteiger partial charge in [-0.2, -0.15) is 5.10 Å². The molecule has 130 valence electrons. The van der Waals surface area contributed by atoms with Crippen LogP contribution in [0.25, 0.3) is 5.82 Å². The predicted molar refractivity (Wildman–Crippen MR) is 90.4 cm³/mol. The summed E-state index contributed by atoms with van der Waals surface area (Å²) in [5.74, 6) is -0.158. The van der Waals surface area contributed by atoms with E-state index in [9.17, 15) is 9.59 Å². The van der Waals surface area contributed by atoms with Crippen LogP contribution < -0.4 is 5.32 Å². The minimum Gasteiger partial charge on any atom is -0.448 e. The van der Waals surface area contributed by atoms with Gasteiger partial charge in [0.25, 0.3) is 5.91 Å². The Hall–Kier alpha value is -3.55. The Labute approximate surface area is 148 Å². The van der Waals surface area contributed by atoms with Gasteiger partial charge in [-0.1, -0.05) is 24.3 Å². The van der Waals surface area contributed by atoms with Crippen LogP contribution in [0.1, 0.15) is 21.5 Å². The number of hydrogen-bond donors (Lipinski definition) is 1. The summed E-state index contributed by atoms with van der Waals surface area (Å²) in [7, 11) is 0. The van der Waals surface area contributed by atoms with Gasteiger partial charge in [-0.15, -0.1) is 0 Å². The van der Waals surface area contributed by atoms with Gasteiger partial charge in [0.15, 0.2) is 11.9 Å². The molecule has 0 fully saturated rings. The number of amides is 1. The van der Waals surface area contributed by atoms with Crippen molar-refractivity contribution in [2.75, 3.05) is 0 Å². The zero-order chi connectivity index (χ0) is 17.9. The highest BCUT2D eigenvalue weighted by Gasteiger charge is 2.30. The first-order valence-electron chi connectivity index (χ1n) is 8.07. The zero-order valence-corrected chi connectivity index (χ0v) is 13.7. The smallest absolute Gasteiger partial charge is 0.339 e. The summed E-state index contributed by atoms with van der Waals surface area (Å²) in [5.41, 5.74) is 2.16. The van der Waals surface area contributed by atoms with Crippen LogP contribution in [0.15, 0.2) is 55.2 Å². The maximum absolute atomic E-state index is 12.3. The highest BCUT2D eigenvalue weighted by atomic mass is 16.5. The van der Waals surface area contributed by atoms with Crippen LogP contribution in [0.2, 0.25) is 0 Å². The second-order valence-corrected chi connectivity index (χ2v) is 5.84. The standard InChI is InChI=1S/C18H15N5O3/c24-17(15-7-13-3-1-2-4-14(13)18(25)26-15)21-9-12-5-6-16(20-8-12)23-11-19-10-22-23/h1-6,8,10-11,15H,7,9H2,(H,21,24). The SMILES string of the molecule is O=C1OC(C(=O)NCc2ccc(-n3cncn3)nc2)Cc2ccccc21. The van der Waals surface area contributed by atoms with Gasteiger partial charge in [0.1, 0.15) is 12.7 Å². The Morgan fingerprint density at radius 2 is 2.15 bits per heavy atom. The number of ether oxygens (including phenoxy) is 1. The van der Waals surface area contributed by atoms with E-state index < -0.39 is 12.1 Å². The summed E-state index contributed by atoms with van der Waals surface area (Å²) in [6.07, 6.45) is 4.19. The number of rotatable bonds is 4. The largest absolute Gasteiger partial charge is 0.448 e. The van der Waals surface area contributed by atoms with Crippen molar-refractivity contribution in [2.24, 2.45) is 0 Å². The maximum atomic E-state index is 12.3. The molecule has 8 nitrogen and oxygen atoms in total. The quantitative estimate of drug-likeness (QED) is 0.707. The molecule has 4 rings (SSSR count). The lowest BCUT2D eigenvalue weighted by Gasteiger charge is -2.23. The summed E-state index contributed by atoms with van der Waals surface area (Å²) >= 11 is 0. The topological polar surface area (TPSA) is 99.0 Å². The summed E-state index contributed by atoms with van der Waals surface area (Å²) in [6, 6.07) is 10.8. The predicted octanol–water partition coefficient (Wildman–Crippen LogP) is 1.06. The lowest BCUT2D eigenvalue weighted by molar-refractivity contribution is -0.130. The number of aromatic nitrogens is 4. The maximum Gasteiger partial charge on any atom is 0.339 e. The van der Waals surface area contributed by atoms with Crippen molar-refractivity contribution in [1.82, 2.24) is 25.1 Å². The molecule has 26 heavy (non-hydrogen) atoms. The number of nitrogens with one attached hydrogen (secondary N) is 1. The third-order valence-electron chi connectivity index (χ3n) is 4.11. The van der Waals surface area contributed by atoms with Crippen LogP contribution in [-0.2, 0) is 22.5 Å². The Morgan fingerprint density at radius 1 is 1.27 bits per heavy atom. The summed E-state index contributed by atoms with van der Waals surface area (Å²) in [6.45, 7) is 0.291. The Kier molecular flexibility index (Phi) is 4.14. The van der Waals surface area contributed by atoms with Crippen LogP contribution in [0, 0.1) is 0 Å². The zero-order valence-electron chi connectivity index (χ0n) is 13.7. The van der Waals surface area contributed by atoms with E-state index in [1.165, 1.54) is 6.33 Å². The van der Waals surface area contributed by atoms with E-state index in [0.717, 1.165) is 11.1 Å². The number of esters is 1. The third kappa shape index (κ3) is 3.16. The molecule has 0 saturated carbocycles. The highest BCUT2D eigenvalue weighted by Crippen LogP contribution is 2.20. The molecule has 3 heterocycles. The van der Waals surface area contributed by atoms with Gasteiger partial charge in [-0.3, -0.25) is 4.79 Å². The van der Waals surface area contributed by atoms with Gasteiger partial charge in [0.2, 0.25) is 0 Å². The lowest BCUT2D eigenvalue weighted by Crippen LogP contribution is -2.41. The summed E-state index contributed by atoms with van der Waals surface area (Å²) in [4.78, 5) is 32.5. The van der Waals surface area contributed by atoms with Crippen molar-refractivity contribution in [3.05, 3.63) is 71.9 Å². The minimum absolute atomic E-state index is 0.291. The molecule has 0 saturated heterocycles. The van der Waals surface area contributed by atoms with Crippen molar-refractivity contribution in [2.45, 2.75) is 19.1 Å². The summed E-state index contributed by atoms with van der Waals surface area (Å²) in [5, 5.41) is 6.79. The number of pyridine rings is 1. The van der Waals surface area contributed by atoms with E-state index in [2.05, 4.69) is 20.4 Å². The second-order valence-electron chi connectivity index (χ2n) is 5.84. The van der Waals surface area contributed by atoms with Gasteiger partial charge in [-0.05, 0) is 23.3 Å². The van der Waals surface area contributed by atoms with E-state index in [1.807, 2.05) is 18.2 Å². The fourth-order valence-electron chi connectivity index (χ4n) is 2.76. The van der Waals surface area contributed by atoms with E-state index in [0.29, 0.717) is 24.3 Å². The van der Waals surface area contributed by atoms with Crippen LogP contribution >= 0.6 is 0 Å². The van der Waals surface area contributed by atoms with E-state index in [-0.39, 0.29) is 5.91 Å². The molecule has 0 aliphatic carbocycles. The Balaban J connectivity index is 1.38. The molecule has 1 aliphatic rings. The van der Waals surface area contributed by atoms with Gasteiger partial charge < -0.3 is 10.1 Å². The molecule has 1 unspecified atom stereocenters. The van der Waals surface area contributed by atoms with Crippen molar-refractivity contribution < 1.29 is 14.3 Å². The number of benzene rings is 1. The van der Waals surface area contributed by atoms with E-state index in [4.69, 9.17) is 4.74 Å². The van der Waals surface area contributed by atoms with Crippen LogP contribution in [0.5, 0.6) is 0 Å². The van der Waals surface area contributed by atoms with Crippen LogP contribution in [0.4, 0.5) is 0 Å². The Bertz CT molecular complexity index is 938. The number of hydrogen-bond acceptors (Lipinski definition) is 6. The molecule has 0 spiro atoms. The molecule has 2 aromatic heterocycles. The van der Waals surface area contributed by atoms with Crippen molar-refractivity contribution in [3.63, 3.8) is 0 Å². The van der Waals surface area contributed by atoms with Crippen molar-refractivity contribution in [1.29, 1.82) is 0 Å². The van der Waals surface area contributed by atoms with Crippen LogP contribution in [-0.4, -0.2) is 37.7 Å². The number of nitrogens with zero attached hydrogens (tertiary/aromatic N) is 4. The monoisotopic (exact) mass is 349 g/mol. The van der Waals surface area contributed by atoms with Gasteiger partial charge in [0, 0.05) is 19.2 Å². The van der Waals surface area contributed by atoms with Gasteiger partial charge >= 0.3 is 5.97 Å². The minimum atomic E-state index is -0.820. The number of fused-ring (bicyclic) bond motifs is 1. The lowest BCUT2D eigenvalue weighted by atomic mass is 9.98. The molecule has 8 heteroatoms. The number of carbonyl (C=O) groups is 2. The average molecular weight is 349 g/mol. The third-order valence-corrected chi connectivity index (χ3v) is 4.11. The number of cyclic esters (lactones) is 1. The molecular weight excluding hydrogens is 334 g/mol. The molecule has 1 amide bonds. The highest BCUT2D eigenvalue weighted by molar-refractivity contribution is 5.95. The fourth-order valence-corrected chi connectivity index (χ4v) is 2.76. The molecule has 1 aromatic carbocycles. The normalized spacial score (nSPS) is 15.8.